The summed E-state index contributed by atoms with van der Waals surface area (Å²) in [4.78, 5) is 17.8. The summed E-state index contributed by atoms with van der Waals surface area (Å²) in [7, 11) is -0.382. The van der Waals surface area contributed by atoms with Crippen molar-refractivity contribution in [1.82, 2.24) is 4.98 Å². The number of hydrogen-bond donors (Lipinski definition) is 2. The number of rotatable bonds is 6. The number of benzene rings is 2. The van der Waals surface area contributed by atoms with Gasteiger partial charge in [-0.2, -0.15) is 13.0 Å². The second-order valence-electron chi connectivity index (χ2n) is 11.7. The van der Waals surface area contributed by atoms with Crippen LogP contribution < -0.4 is 4.90 Å². The van der Waals surface area contributed by atoms with E-state index in [1.807, 2.05) is 63.2 Å². The highest BCUT2D eigenvalue weighted by atomic mass is 32.2. The molecule has 2 N–H and O–H groups in total. The van der Waals surface area contributed by atoms with Gasteiger partial charge in [0.2, 0.25) is 5.69 Å². The van der Waals surface area contributed by atoms with Crippen LogP contribution in [0.4, 0.5) is 11.4 Å². The van der Waals surface area contributed by atoms with Gasteiger partial charge in [-0.3, -0.25) is 9.54 Å². The van der Waals surface area contributed by atoms with Crippen molar-refractivity contribution < 1.29 is 27.4 Å². The van der Waals surface area contributed by atoms with Gasteiger partial charge < -0.3 is 10.0 Å². The normalized spacial score (nSPS) is 18.6. The first kappa shape index (κ1) is 29.2. The summed E-state index contributed by atoms with van der Waals surface area (Å²) < 4.78 is 35.5. The second kappa shape index (κ2) is 10.2. The molecule has 0 spiro atoms. The Morgan fingerprint density at radius 1 is 1.00 bits per heavy atom. The second-order valence-corrected chi connectivity index (χ2v) is 13.1. The summed E-state index contributed by atoms with van der Waals surface area (Å²) in [6, 6.07) is 16.2. The SMILES string of the molecule is CN1/C(=C/C=C(/C=C/C2=[N+](C)c3ccccc3C2(C)C)c2ccc(C(=O)O)cn2)C(C)(C)c2cc(S(=O)(=O)O)ccc21. The zero-order valence-corrected chi connectivity index (χ0v) is 25.3. The molecule has 3 heterocycles. The fourth-order valence-corrected chi connectivity index (χ4v) is 6.54. The predicted octanol–water partition coefficient (Wildman–Crippen LogP) is 5.98. The van der Waals surface area contributed by atoms with Crippen LogP contribution in [0.1, 0.15) is 54.9 Å². The molecule has 0 saturated heterocycles. The van der Waals surface area contributed by atoms with Gasteiger partial charge in [0.05, 0.1) is 21.6 Å². The van der Waals surface area contributed by atoms with Crippen LogP contribution in [0.3, 0.4) is 0 Å². The van der Waals surface area contributed by atoms with Crippen LogP contribution in [0, 0.1) is 0 Å². The molecule has 0 unspecified atom stereocenters. The van der Waals surface area contributed by atoms with E-state index in [0.717, 1.165) is 33.9 Å². The number of aromatic carboxylic acids is 1. The highest BCUT2D eigenvalue weighted by Gasteiger charge is 2.42. The smallest absolute Gasteiger partial charge is 0.337 e. The van der Waals surface area contributed by atoms with Crippen LogP contribution in [-0.4, -0.2) is 53.4 Å². The number of fused-ring (bicyclic) bond motifs is 2. The molecule has 2 aliphatic heterocycles. The zero-order chi connectivity index (χ0) is 30.6. The van der Waals surface area contributed by atoms with E-state index < -0.39 is 21.5 Å². The first-order chi connectivity index (χ1) is 19.6. The Labute approximate surface area is 246 Å². The van der Waals surface area contributed by atoms with Gasteiger partial charge >= 0.3 is 5.97 Å². The van der Waals surface area contributed by atoms with Crippen molar-refractivity contribution in [1.29, 1.82) is 0 Å². The molecule has 0 radical (unpaired) electrons. The Morgan fingerprint density at radius 2 is 1.71 bits per heavy atom. The lowest BCUT2D eigenvalue weighted by Gasteiger charge is -2.24. The van der Waals surface area contributed by atoms with Crippen molar-refractivity contribution in [2.45, 2.75) is 43.4 Å². The maximum Gasteiger partial charge on any atom is 0.337 e. The van der Waals surface area contributed by atoms with Gasteiger partial charge in [0.15, 0.2) is 5.71 Å². The Balaban J connectivity index is 1.60. The molecule has 9 heteroatoms. The Bertz CT molecular complexity index is 1850. The molecule has 1 aromatic heterocycles. The maximum absolute atomic E-state index is 11.8. The van der Waals surface area contributed by atoms with Crippen molar-refractivity contribution >= 4 is 38.7 Å². The third-order valence-electron chi connectivity index (χ3n) is 8.39. The minimum absolute atomic E-state index is 0.101. The summed E-state index contributed by atoms with van der Waals surface area (Å²) in [5.74, 6) is -1.05. The van der Waals surface area contributed by atoms with Crippen LogP contribution >= 0.6 is 0 Å². The van der Waals surface area contributed by atoms with Crippen LogP contribution in [0.25, 0.3) is 5.57 Å². The number of carbonyl (C=O) groups is 1. The maximum atomic E-state index is 11.8. The molecular weight excluding hydrogens is 550 g/mol. The lowest BCUT2D eigenvalue weighted by atomic mass is 9.81. The molecule has 0 aliphatic carbocycles. The van der Waals surface area contributed by atoms with Gasteiger partial charge in [0.25, 0.3) is 10.1 Å². The van der Waals surface area contributed by atoms with Gasteiger partial charge in [0.1, 0.15) is 7.05 Å². The quantitative estimate of drug-likeness (QED) is 0.208. The summed E-state index contributed by atoms with van der Waals surface area (Å²) in [6.07, 6.45) is 9.33. The van der Waals surface area contributed by atoms with E-state index in [4.69, 9.17) is 0 Å². The molecule has 2 aliphatic rings. The molecule has 8 nitrogen and oxygen atoms in total. The average molecular weight is 585 g/mol. The molecule has 216 valence electrons. The predicted molar refractivity (Wildman–Crippen MR) is 164 cm³/mol. The lowest BCUT2D eigenvalue weighted by Crippen LogP contribution is -2.26. The number of aromatic nitrogens is 1. The van der Waals surface area contributed by atoms with E-state index >= 15 is 0 Å². The fraction of sp³-hybridized carbons (Fsp3) is 0.242. The monoisotopic (exact) mass is 584 g/mol. The Hall–Kier alpha value is -4.34. The number of nitrogens with zero attached hydrogens (tertiary/aromatic N) is 3. The highest BCUT2D eigenvalue weighted by Crippen LogP contribution is 2.47. The molecule has 3 aromatic rings. The number of likely N-dealkylation sites (N-methyl/N-ethyl adjacent to an activating group) is 1. The van der Waals surface area contributed by atoms with E-state index in [-0.39, 0.29) is 15.9 Å². The van der Waals surface area contributed by atoms with Crippen molar-refractivity contribution in [3.05, 3.63) is 113 Å². The van der Waals surface area contributed by atoms with Crippen LogP contribution in [0.5, 0.6) is 0 Å². The number of carboxylic acids is 1. The number of anilines is 1. The molecule has 42 heavy (non-hydrogen) atoms. The molecule has 0 bridgehead atoms. The van der Waals surface area contributed by atoms with E-state index in [2.05, 4.69) is 41.6 Å². The standard InChI is InChI=1S/C33H33N3O5S/c1-32(2)24-9-7-8-10-27(24)35(5)29(32)17-12-21(26-15-11-22(20-34-26)31(37)38)13-18-30-33(3,4)25-19-23(42(39,40)41)14-16-28(25)36(30)6/h7-20H,1-6H3,(H-,37,38,39,40,41)/p+1. The van der Waals surface area contributed by atoms with Gasteiger partial charge in [-0.1, -0.05) is 38.1 Å². The van der Waals surface area contributed by atoms with E-state index in [9.17, 15) is 22.9 Å². The summed E-state index contributed by atoms with van der Waals surface area (Å²) in [5.41, 5.74) is 6.70. The zero-order valence-electron chi connectivity index (χ0n) is 24.5. The molecule has 2 aromatic carbocycles. The summed E-state index contributed by atoms with van der Waals surface area (Å²) in [6.45, 7) is 8.38. The fourth-order valence-electron chi connectivity index (χ4n) is 6.03. The number of pyridine rings is 1. The number of hydrogen-bond acceptors (Lipinski definition) is 5. The van der Waals surface area contributed by atoms with Gasteiger partial charge in [0, 0.05) is 53.3 Å². The van der Waals surface area contributed by atoms with Crippen molar-refractivity contribution in [2.75, 3.05) is 19.0 Å². The highest BCUT2D eigenvalue weighted by molar-refractivity contribution is 7.85. The summed E-state index contributed by atoms with van der Waals surface area (Å²) in [5, 5.41) is 9.38. The van der Waals surface area contributed by atoms with Gasteiger partial charge in [-0.05, 0) is 61.9 Å². The van der Waals surface area contributed by atoms with Crippen molar-refractivity contribution in [2.24, 2.45) is 0 Å². The average Bonchev–Trinajstić information content (AvgIpc) is 3.25. The molecule has 0 saturated carbocycles. The third kappa shape index (κ3) is 4.88. The Morgan fingerprint density at radius 3 is 2.33 bits per heavy atom. The van der Waals surface area contributed by atoms with Gasteiger partial charge in [-0.25, -0.2) is 4.79 Å². The number of allylic oxidation sites excluding steroid dienone is 6. The van der Waals surface area contributed by atoms with E-state index in [1.54, 1.807) is 12.1 Å². The van der Waals surface area contributed by atoms with Gasteiger partial charge in [-0.15, -0.1) is 0 Å². The molecule has 0 atom stereocenters. The van der Waals surface area contributed by atoms with Crippen LogP contribution in [0.2, 0.25) is 0 Å². The minimum Gasteiger partial charge on any atom is -0.478 e. The minimum atomic E-state index is -4.35. The first-order valence-corrected chi connectivity index (χ1v) is 14.9. The van der Waals surface area contributed by atoms with E-state index in [1.165, 1.54) is 30.0 Å². The molecular formula is C33H34N3O5S+. The van der Waals surface area contributed by atoms with Crippen LogP contribution in [0.15, 0.2) is 95.7 Å². The molecule has 0 amide bonds. The Kier molecular flexibility index (Phi) is 7.07. The first-order valence-electron chi connectivity index (χ1n) is 13.5. The number of para-hydroxylation sites is 1. The lowest BCUT2D eigenvalue weighted by molar-refractivity contribution is -0.401. The topological polar surface area (TPSA) is 111 Å². The number of carboxylic acid groups (broad SMARTS) is 1. The van der Waals surface area contributed by atoms with Crippen molar-refractivity contribution in [3.63, 3.8) is 0 Å². The molecule has 5 rings (SSSR count). The van der Waals surface area contributed by atoms with Crippen molar-refractivity contribution in [3.8, 4) is 0 Å². The summed E-state index contributed by atoms with van der Waals surface area (Å²) >= 11 is 0. The largest absolute Gasteiger partial charge is 0.478 e. The molecule has 0 fully saturated rings. The third-order valence-corrected chi connectivity index (χ3v) is 9.24. The van der Waals surface area contributed by atoms with Crippen LogP contribution in [-0.2, 0) is 20.9 Å². The van der Waals surface area contributed by atoms with E-state index in [0.29, 0.717) is 5.69 Å².